The lowest BCUT2D eigenvalue weighted by atomic mass is 10.2. The highest BCUT2D eigenvalue weighted by Gasteiger charge is 2.12. The van der Waals surface area contributed by atoms with E-state index in [4.69, 9.17) is 9.84 Å². The third-order valence-corrected chi connectivity index (χ3v) is 2.79. The van der Waals surface area contributed by atoms with Gasteiger partial charge < -0.3 is 14.4 Å². The highest BCUT2D eigenvalue weighted by Crippen LogP contribution is 2.19. The number of nitrogens with zero attached hydrogens (tertiary/aromatic N) is 2. The van der Waals surface area contributed by atoms with Crippen molar-refractivity contribution in [3.05, 3.63) is 29.6 Å². The molecule has 0 radical (unpaired) electrons. The lowest BCUT2D eigenvalue weighted by Crippen LogP contribution is -2.04. The van der Waals surface area contributed by atoms with Crippen molar-refractivity contribution in [2.75, 3.05) is 7.11 Å². The molecule has 1 aromatic carbocycles. The summed E-state index contributed by atoms with van der Waals surface area (Å²) in [4.78, 5) is 15.4. The zero-order valence-electron chi connectivity index (χ0n) is 10.5. The number of rotatable bonds is 5. The van der Waals surface area contributed by atoms with Gasteiger partial charge in [-0.3, -0.25) is 0 Å². The van der Waals surface area contributed by atoms with Gasteiger partial charge in [-0.25, -0.2) is 9.78 Å². The molecule has 0 amide bonds. The van der Waals surface area contributed by atoms with Crippen molar-refractivity contribution < 1.29 is 14.6 Å². The Bertz CT molecular complexity index is 575. The molecule has 0 saturated heterocycles. The fourth-order valence-electron chi connectivity index (χ4n) is 2.03. The van der Waals surface area contributed by atoms with Crippen LogP contribution in [0.25, 0.3) is 11.0 Å². The molecule has 0 bridgehead atoms. The molecule has 0 spiro atoms. The van der Waals surface area contributed by atoms with Gasteiger partial charge in [-0.2, -0.15) is 0 Å². The Hall–Kier alpha value is -1.88. The van der Waals surface area contributed by atoms with Gasteiger partial charge in [0.2, 0.25) is 0 Å². The number of carboxylic acid groups (broad SMARTS) is 1. The summed E-state index contributed by atoms with van der Waals surface area (Å²) in [5, 5.41) is 8.97. The minimum Gasteiger partial charge on any atom is -0.478 e. The fourth-order valence-corrected chi connectivity index (χ4v) is 2.03. The SMILES string of the molecule is CCCn1c(COC)nc2cc(C(=O)O)ccc21. The Morgan fingerprint density at radius 1 is 1.50 bits per heavy atom. The van der Waals surface area contributed by atoms with Gasteiger partial charge in [0.1, 0.15) is 12.4 Å². The molecule has 96 valence electrons. The first kappa shape index (κ1) is 12.6. The van der Waals surface area contributed by atoms with E-state index in [1.807, 2.05) is 0 Å². The van der Waals surface area contributed by atoms with Crippen LogP contribution in [-0.2, 0) is 17.9 Å². The van der Waals surface area contributed by atoms with E-state index in [1.165, 1.54) is 0 Å². The van der Waals surface area contributed by atoms with E-state index in [2.05, 4.69) is 16.5 Å². The zero-order chi connectivity index (χ0) is 13.1. The van der Waals surface area contributed by atoms with Crippen molar-refractivity contribution >= 4 is 17.0 Å². The number of methoxy groups -OCH3 is 1. The Morgan fingerprint density at radius 2 is 2.28 bits per heavy atom. The van der Waals surface area contributed by atoms with Crippen molar-refractivity contribution in [1.82, 2.24) is 9.55 Å². The number of aryl methyl sites for hydroxylation is 1. The van der Waals surface area contributed by atoms with Crippen LogP contribution in [0.2, 0.25) is 0 Å². The summed E-state index contributed by atoms with van der Waals surface area (Å²) in [6, 6.07) is 5.01. The Labute approximate surface area is 105 Å². The first-order valence-corrected chi connectivity index (χ1v) is 5.88. The number of ether oxygens (including phenoxy) is 1. The summed E-state index contributed by atoms with van der Waals surface area (Å²) in [5.74, 6) is -0.105. The summed E-state index contributed by atoms with van der Waals surface area (Å²) in [6.07, 6.45) is 0.989. The number of aromatic nitrogens is 2. The average Bonchev–Trinajstić information content (AvgIpc) is 2.68. The molecule has 1 heterocycles. The van der Waals surface area contributed by atoms with Gasteiger partial charge in [0, 0.05) is 13.7 Å². The second kappa shape index (κ2) is 5.18. The molecule has 5 heteroatoms. The standard InChI is InChI=1S/C13H16N2O3/c1-3-6-15-11-5-4-9(13(16)17)7-10(11)14-12(15)8-18-2/h4-5,7H,3,6,8H2,1-2H3,(H,16,17). The van der Waals surface area contributed by atoms with Gasteiger partial charge in [-0.1, -0.05) is 6.92 Å². The van der Waals surface area contributed by atoms with Crippen molar-refractivity contribution in [3.63, 3.8) is 0 Å². The van der Waals surface area contributed by atoms with E-state index in [0.29, 0.717) is 12.1 Å². The summed E-state index contributed by atoms with van der Waals surface area (Å²) in [7, 11) is 1.62. The second-order valence-corrected chi connectivity index (χ2v) is 4.12. The minimum absolute atomic E-state index is 0.257. The maximum absolute atomic E-state index is 10.9. The molecule has 1 aromatic heterocycles. The van der Waals surface area contributed by atoms with Crippen molar-refractivity contribution in [1.29, 1.82) is 0 Å². The third kappa shape index (κ3) is 2.22. The fraction of sp³-hybridized carbons (Fsp3) is 0.385. The first-order valence-electron chi connectivity index (χ1n) is 5.88. The van der Waals surface area contributed by atoms with Crippen molar-refractivity contribution in [3.8, 4) is 0 Å². The van der Waals surface area contributed by atoms with Gasteiger partial charge in [0.25, 0.3) is 0 Å². The number of carbonyl (C=O) groups is 1. The predicted molar refractivity (Wildman–Crippen MR) is 67.7 cm³/mol. The molecule has 0 saturated carbocycles. The Balaban J connectivity index is 2.56. The summed E-state index contributed by atoms with van der Waals surface area (Å²) < 4.78 is 7.20. The molecule has 0 aliphatic rings. The number of hydrogen-bond acceptors (Lipinski definition) is 3. The molecular weight excluding hydrogens is 232 g/mol. The number of imidazole rings is 1. The number of fused-ring (bicyclic) bond motifs is 1. The van der Waals surface area contributed by atoms with E-state index in [-0.39, 0.29) is 5.56 Å². The van der Waals surface area contributed by atoms with Gasteiger partial charge in [0.15, 0.2) is 0 Å². The molecule has 2 rings (SSSR count). The van der Waals surface area contributed by atoms with Crippen molar-refractivity contribution in [2.24, 2.45) is 0 Å². The summed E-state index contributed by atoms with van der Waals surface area (Å²) in [5.41, 5.74) is 1.91. The second-order valence-electron chi connectivity index (χ2n) is 4.12. The van der Waals surface area contributed by atoms with E-state index in [9.17, 15) is 4.79 Å². The van der Waals surface area contributed by atoms with Crippen LogP contribution in [0.15, 0.2) is 18.2 Å². The van der Waals surface area contributed by atoms with E-state index in [1.54, 1.807) is 25.3 Å². The smallest absolute Gasteiger partial charge is 0.335 e. The van der Waals surface area contributed by atoms with Gasteiger partial charge >= 0.3 is 5.97 Å². The quantitative estimate of drug-likeness (QED) is 0.881. The zero-order valence-corrected chi connectivity index (χ0v) is 10.5. The number of hydrogen-bond donors (Lipinski definition) is 1. The van der Waals surface area contributed by atoms with Crippen LogP contribution in [0, 0.1) is 0 Å². The molecule has 0 fully saturated rings. The molecular formula is C13H16N2O3. The number of carboxylic acids is 1. The normalized spacial score (nSPS) is 11.0. The lowest BCUT2D eigenvalue weighted by molar-refractivity contribution is 0.0697. The highest BCUT2D eigenvalue weighted by atomic mass is 16.5. The minimum atomic E-state index is -0.935. The molecule has 0 unspecified atom stereocenters. The first-order chi connectivity index (χ1) is 8.67. The third-order valence-electron chi connectivity index (χ3n) is 2.79. The summed E-state index contributed by atoms with van der Waals surface area (Å²) >= 11 is 0. The maximum Gasteiger partial charge on any atom is 0.335 e. The molecule has 0 aliphatic carbocycles. The maximum atomic E-state index is 10.9. The largest absolute Gasteiger partial charge is 0.478 e. The van der Waals surface area contributed by atoms with Gasteiger partial charge in [0.05, 0.1) is 16.6 Å². The topological polar surface area (TPSA) is 64.4 Å². The van der Waals surface area contributed by atoms with Crippen LogP contribution in [-0.4, -0.2) is 27.7 Å². The van der Waals surface area contributed by atoms with Crippen LogP contribution in [0.5, 0.6) is 0 Å². The van der Waals surface area contributed by atoms with Crippen LogP contribution in [0.4, 0.5) is 0 Å². The van der Waals surface area contributed by atoms with Crippen LogP contribution < -0.4 is 0 Å². The Morgan fingerprint density at radius 3 is 2.89 bits per heavy atom. The van der Waals surface area contributed by atoms with Crippen LogP contribution in [0.3, 0.4) is 0 Å². The molecule has 18 heavy (non-hydrogen) atoms. The number of aromatic carboxylic acids is 1. The van der Waals surface area contributed by atoms with Crippen LogP contribution >= 0.6 is 0 Å². The molecule has 0 atom stereocenters. The Kier molecular flexibility index (Phi) is 3.62. The molecule has 2 aromatic rings. The lowest BCUT2D eigenvalue weighted by Gasteiger charge is -2.06. The van der Waals surface area contributed by atoms with E-state index in [0.717, 1.165) is 24.3 Å². The average molecular weight is 248 g/mol. The number of benzene rings is 1. The molecule has 5 nitrogen and oxygen atoms in total. The molecule has 0 aliphatic heterocycles. The predicted octanol–water partition coefficient (Wildman–Crippen LogP) is 2.29. The van der Waals surface area contributed by atoms with Crippen LogP contribution in [0.1, 0.15) is 29.5 Å². The highest BCUT2D eigenvalue weighted by molar-refractivity contribution is 5.92. The van der Waals surface area contributed by atoms with E-state index >= 15 is 0 Å². The van der Waals surface area contributed by atoms with Gasteiger partial charge in [-0.05, 0) is 24.6 Å². The monoisotopic (exact) mass is 248 g/mol. The van der Waals surface area contributed by atoms with Gasteiger partial charge in [-0.15, -0.1) is 0 Å². The summed E-state index contributed by atoms with van der Waals surface area (Å²) in [6.45, 7) is 3.37. The van der Waals surface area contributed by atoms with E-state index < -0.39 is 5.97 Å². The molecule has 1 N–H and O–H groups in total. The van der Waals surface area contributed by atoms with Crippen molar-refractivity contribution in [2.45, 2.75) is 26.5 Å².